The SMILES string of the molecule is O=c1c2ccccc2nc2n1[C@@]1(c3ccccc3)C(c3ccccc3)=C(c3ccccc3)O[C@@]1(c1ccccc1)c1c(Cl)cccc1-2. The van der Waals surface area contributed by atoms with E-state index in [1.54, 1.807) is 0 Å². The molecule has 5 heteroatoms. The van der Waals surface area contributed by atoms with E-state index in [2.05, 4.69) is 48.5 Å². The lowest BCUT2D eigenvalue weighted by molar-refractivity contribution is 0.0233. The fraction of sp³-hybridized carbons (Fsp3) is 0.0476. The summed E-state index contributed by atoms with van der Waals surface area (Å²) < 4.78 is 9.59. The van der Waals surface area contributed by atoms with Crippen LogP contribution in [0.25, 0.3) is 33.6 Å². The highest BCUT2D eigenvalue weighted by atomic mass is 35.5. The zero-order valence-electron chi connectivity index (χ0n) is 25.2. The predicted octanol–water partition coefficient (Wildman–Crippen LogP) is 9.32. The second-order valence-electron chi connectivity index (χ2n) is 11.9. The lowest BCUT2D eigenvalue weighted by Crippen LogP contribution is -2.59. The van der Waals surface area contributed by atoms with Gasteiger partial charge in [-0.1, -0.05) is 157 Å². The van der Waals surface area contributed by atoms with E-state index in [0.717, 1.165) is 39.0 Å². The molecule has 6 aromatic carbocycles. The van der Waals surface area contributed by atoms with E-state index in [4.69, 9.17) is 21.3 Å². The Hall–Kier alpha value is -5.71. The summed E-state index contributed by atoms with van der Waals surface area (Å²) in [5.41, 5.74) is 3.75. The van der Waals surface area contributed by atoms with Gasteiger partial charge in [-0.3, -0.25) is 9.36 Å². The number of fused-ring (bicyclic) bond motifs is 7. The minimum absolute atomic E-state index is 0.160. The Labute approximate surface area is 276 Å². The Morgan fingerprint density at radius 2 is 1.17 bits per heavy atom. The summed E-state index contributed by atoms with van der Waals surface area (Å²) in [6, 6.07) is 54.1. The molecule has 1 aromatic heterocycles. The molecule has 0 spiro atoms. The van der Waals surface area contributed by atoms with Crippen LogP contribution in [-0.2, 0) is 15.9 Å². The smallest absolute Gasteiger partial charge is 0.262 e. The molecule has 2 aliphatic rings. The molecule has 0 radical (unpaired) electrons. The molecule has 0 N–H and O–H groups in total. The van der Waals surface area contributed by atoms with Crippen LogP contribution in [0, 0.1) is 0 Å². The van der Waals surface area contributed by atoms with Crippen LogP contribution in [0.15, 0.2) is 169 Å². The Bertz CT molecular complexity index is 2410. The molecular formula is C42H27ClN2O2. The van der Waals surface area contributed by atoms with Crippen LogP contribution in [-0.4, -0.2) is 9.55 Å². The predicted molar refractivity (Wildman–Crippen MR) is 188 cm³/mol. The summed E-state index contributed by atoms with van der Waals surface area (Å²) >= 11 is 7.40. The van der Waals surface area contributed by atoms with Crippen molar-refractivity contribution in [3.05, 3.63) is 207 Å². The van der Waals surface area contributed by atoms with Gasteiger partial charge >= 0.3 is 0 Å². The minimum atomic E-state index is -1.33. The number of rotatable bonds is 4. The Morgan fingerprint density at radius 1 is 0.596 bits per heavy atom. The van der Waals surface area contributed by atoms with E-state index in [9.17, 15) is 0 Å². The molecule has 0 saturated carbocycles. The van der Waals surface area contributed by atoms with Gasteiger partial charge in [0.15, 0.2) is 11.1 Å². The average molecular weight is 627 g/mol. The molecule has 0 aliphatic carbocycles. The van der Waals surface area contributed by atoms with Gasteiger partial charge in [-0.05, 0) is 29.3 Å². The highest BCUT2D eigenvalue weighted by molar-refractivity contribution is 6.32. The van der Waals surface area contributed by atoms with Crippen molar-refractivity contribution in [1.82, 2.24) is 9.55 Å². The number of aromatic nitrogens is 2. The lowest BCUT2D eigenvalue weighted by Gasteiger charge is -2.52. The third-order valence-electron chi connectivity index (χ3n) is 9.54. The standard InChI is InChI=1S/C42H27ClN2O2/c43-34-26-15-25-33-37(34)42(31-22-11-4-12-23-31)41(30-20-9-3-10-21-30,45-39(33)44-35-27-14-13-24-32(35)40(45)46)36(28-16-5-1-6-17-28)38(47-42)29-18-7-2-8-19-29/h1-27H/t41-,42-/m0/s1. The minimum Gasteiger partial charge on any atom is -0.473 e. The van der Waals surface area contributed by atoms with Gasteiger partial charge in [0.1, 0.15) is 11.6 Å². The number of para-hydroxylation sites is 1. The third-order valence-corrected chi connectivity index (χ3v) is 9.86. The first kappa shape index (κ1) is 27.6. The van der Waals surface area contributed by atoms with Crippen LogP contribution in [0.4, 0.5) is 0 Å². The van der Waals surface area contributed by atoms with Gasteiger partial charge in [-0.25, -0.2) is 4.98 Å². The fourth-order valence-corrected chi connectivity index (χ4v) is 8.10. The third kappa shape index (κ3) is 3.65. The van der Waals surface area contributed by atoms with Gasteiger partial charge in [-0.2, -0.15) is 0 Å². The summed E-state index contributed by atoms with van der Waals surface area (Å²) in [6.07, 6.45) is 0. The first-order chi connectivity index (χ1) is 23.2. The number of hydrogen-bond acceptors (Lipinski definition) is 3. The number of hydrogen-bond donors (Lipinski definition) is 0. The van der Waals surface area contributed by atoms with Gasteiger partial charge in [0.2, 0.25) is 0 Å². The molecule has 4 nitrogen and oxygen atoms in total. The second-order valence-corrected chi connectivity index (χ2v) is 12.3. The van der Waals surface area contributed by atoms with Crippen LogP contribution in [0.1, 0.15) is 27.8 Å². The number of ether oxygens (including phenoxy) is 1. The Morgan fingerprint density at radius 3 is 1.85 bits per heavy atom. The molecule has 7 aromatic rings. The molecule has 0 amide bonds. The van der Waals surface area contributed by atoms with Gasteiger partial charge < -0.3 is 4.74 Å². The summed E-state index contributed by atoms with van der Waals surface area (Å²) in [6.45, 7) is 0. The van der Waals surface area contributed by atoms with E-state index in [-0.39, 0.29) is 5.56 Å². The van der Waals surface area contributed by atoms with Gasteiger partial charge in [-0.15, -0.1) is 0 Å². The van der Waals surface area contributed by atoms with Crippen molar-refractivity contribution in [1.29, 1.82) is 0 Å². The lowest BCUT2D eigenvalue weighted by atomic mass is 9.60. The maximum Gasteiger partial charge on any atom is 0.262 e. The summed E-state index contributed by atoms with van der Waals surface area (Å²) in [5.74, 6) is 1.20. The van der Waals surface area contributed by atoms with E-state index >= 15 is 4.79 Å². The molecule has 3 heterocycles. The van der Waals surface area contributed by atoms with Crippen molar-refractivity contribution >= 4 is 33.8 Å². The van der Waals surface area contributed by atoms with Crippen molar-refractivity contribution in [3.8, 4) is 11.4 Å². The molecule has 0 unspecified atom stereocenters. The molecule has 0 bridgehead atoms. The number of nitrogens with zero attached hydrogens (tertiary/aromatic N) is 2. The topological polar surface area (TPSA) is 44.1 Å². The first-order valence-corrected chi connectivity index (χ1v) is 16.0. The Kier molecular flexibility index (Phi) is 6.11. The van der Waals surface area contributed by atoms with Crippen molar-refractivity contribution in [2.24, 2.45) is 0 Å². The molecular weight excluding hydrogens is 600 g/mol. The molecule has 2 aliphatic heterocycles. The van der Waals surface area contributed by atoms with Crippen molar-refractivity contribution in [3.63, 3.8) is 0 Å². The first-order valence-electron chi connectivity index (χ1n) is 15.6. The average Bonchev–Trinajstić information content (AvgIpc) is 3.47. The van der Waals surface area contributed by atoms with E-state index in [1.165, 1.54) is 0 Å². The molecule has 0 fully saturated rings. The molecule has 9 rings (SSSR count). The maximum atomic E-state index is 15.4. The fourth-order valence-electron chi connectivity index (χ4n) is 7.79. The van der Waals surface area contributed by atoms with E-state index < -0.39 is 11.1 Å². The zero-order chi connectivity index (χ0) is 31.6. The van der Waals surface area contributed by atoms with Crippen LogP contribution < -0.4 is 5.56 Å². The molecule has 0 saturated heterocycles. The van der Waals surface area contributed by atoms with Crippen molar-refractivity contribution in [2.75, 3.05) is 0 Å². The van der Waals surface area contributed by atoms with Gasteiger partial charge in [0, 0.05) is 32.8 Å². The highest BCUT2D eigenvalue weighted by Crippen LogP contribution is 2.68. The highest BCUT2D eigenvalue weighted by Gasteiger charge is 2.70. The summed E-state index contributed by atoms with van der Waals surface area (Å²) in [5, 5.41) is 1.06. The molecule has 224 valence electrons. The largest absolute Gasteiger partial charge is 0.473 e. The zero-order valence-corrected chi connectivity index (χ0v) is 25.9. The molecule has 2 atom stereocenters. The van der Waals surface area contributed by atoms with Gasteiger partial charge in [0.05, 0.1) is 10.9 Å². The van der Waals surface area contributed by atoms with Crippen LogP contribution in [0.3, 0.4) is 0 Å². The van der Waals surface area contributed by atoms with Gasteiger partial charge in [0.25, 0.3) is 5.56 Å². The monoisotopic (exact) mass is 626 g/mol. The number of halogens is 1. The second kappa shape index (κ2) is 10.4. The van der Waals surface area contributed by atoms with Crippen molar-refractivity contribution < 1.29 is 4.74 Å². The summed E-state index contributed by atoms with van der Waals surface area (Å²) in [7, 11) is 0. The Balaban J connectivity index is 1.62. The quantitative estimate of drug-likeness (QED) is 0.196. The summed E-state index contributed by atoms with van der Waals surface area (Å²) in [4.78, 5) is 20.7. The van der Waals surface area contributed by atoms with E-state index in [1.807, 2.05) is 120 Å². The number of benzene rings is 6. The van der Waals surface area contributed by atoms with Crippen LogP contribution >= 0.6 is 11.6 Å². The maximum absolute atomic E-state index is 15.4. The van der Waals surface area contributed by atoms with Crippen LogP contribution in [0.2, 0.25) is 5.02 Å². The normalized spacial score (nSPS) is 19.5. The van der Waals surface area contributed by atoms with Crippen LogP contribution in [0.5, 0.6) is 0 Å². The van der Waals surface area contributed by atoms with Crippen molar-refractivity contribution in [2.45, 2.75) is 11.1 Å². The van der Waals surface area contributed by atoms with E-state index in [0.29, 0.717) is 27.5 Å². The molecule has 47 heavy (non-hydrogen) atoms.